The molecule has 0 unspecified atom stereocenters. The van der Waals surface area contributed by atoms with Gasteiger partial charge in [0.15, 0.2) is 12.4 Å². The molecule has 5 aromatic rings. The van der Waals surface area contributed by atoms with Crippen LogP contribution in [0, 0.1) is 0 Å². The van der Waals surface area contributed by atoms with Crippen molar-refractivity contribution in [3.8, 4) is 22.5 Å². The van der Waals surface area contributed by atoms with Gasteiger partial charge in [-0.1, -0.05) is 66.7 Å². The molecule has 0 spiro atoms. The highest BCUT2D eigenvalue weighted by Gasteiger charge is 2.24. The summed E-state index contributed by atoms with van der Waals surface area (Å²) in [5.74, 6) is -0.813. The quantitative estimate of drug-likeness (QED) is 0.282. The monoisotopic (exact) mass is 416 g/mol. The standard InChI is InChI=1S/C27H16N2O3/c30-23(16-6-2-1-3-7-16)15-32-27(31)18-12-13-21-22(14-18)29-26-20-11-5-9-17-8-4-10-19(24(17)20)25(26)28-21/h1-14H,15H2. The first-order valence-electron chi connectivity index (χ1n) is 10.3. The van der Waals surface area contributed by atoms with E-state index in [2.05, 4.69) is 18.2 Å². The lowest BCUT2D eigenvalue weighted by Gasteiger charge is -2.07. The Bertz CT molecular complexity index is 1550. The molecular weight excluding hydrogens is 400 g/mol. The topological polar surface area (TPSA) is 69.2 Å². The molecule has 1 aromatic heterocycles. The van der Waals surface area contributed by atoms with E-state index in [0.29, 0.717) is 22.2 Å². The number of hydrogen-bond donors (Lipinski definition) is 0. The Balaban J connectivity index is 1.33. The van der Waals surface area contributed by atoms with Gasteiger partial charge in [-0.3, -0.25) is 4.79 Å². The maximum Gasteiger partial charge on any atom is 0.338 e. The normalized spacial score (nSPS) is 11.5. The fourth-order valence-corrected chi connectivity index (χ4v) is 4.21. The molecule has 0 atom stereocenters. The number of carbonyl (C=O) groups excluding carboxylic acids is 2. The van der Waals surface area contributed by atoms with Crippen molar-refractivity contribution in [2.24, 2.45) is 0 Å². The number of Topliss-reactive ketones (excluding diaryl/α,β-unsaturated/α-hetero) is 1. The predicted molar refractivity (Wildman–Crippen MR) is 123 cm³/mol. The van der Waals surface area contributed by atoms with Crippen molar-refractivity contribution >= 4 is 33.6 Å². The summed E-state index contributed by atoms with van der Waals surface area (Å²) in [6, 6.07) is 26.2. The Kier molecular flexibility index (Phi) is 4.08. The van der Waals surface area contributed by atoms with Crippen LogP contribution in [0.2, 0.25) is 0 Å². The van der Waals surface area contributed by atoms with Crippen LogP contribution in [0.1, 0.15) is 20.7 Å². The highest BCUT2D eigenvalue weighted by molar-refractivity contribution is 6.14. The van der Waals surface area contributed by atoms with Gasteiger partial charge in [-0.25, -0.2) is 14.8 Å². The third-order valence-corrected chi connectivity index (χ3v) is 5.74. The average molecular weight is 416 g/mol. The van der Waals surface area contributed by atoms with Gasteiger partial charge in [-0.2, -0.15) is 0 Å². The molecule has 1 heterocycles. The minimum absolute atomic E-state index is 0.247. The number of fused-ring (bicyclic) bond motifs is 4. The molecule has 5 heteroatoms. The molecule has 0 amide bonds. The van der Waals surface area contributed by atoms with Crippen molar-refractivity contribution in [2.45, 2.75) is 0 Å². The van der Waals surface area contributed by atoms with Gasteiger partial charge in [0.25, 0.3) is 0 Å². The Morgan fingerprint density at radius 2 is 1.38 bits per heavy atom. The lowest BCUT2D eigenvalue weighted by molar-refractivity contribution is 0.0475. The molecule has 4 aromatic carbocycles. The molecule has 0 bridgehead atoms. The molecule has 1 aliphatic rings. The van der Waals surface area contributed by atoms with Crippen LogP contribution in [0.3, 0.4) is 0 Å². The van der Waals surface area contributed by atoms with Crippen molar-refractivity contribution in [3.05, 3.63) is 96.1 Å². The van der Waals surface area contributed by atoms with E-state index in [-0.39, 0.29) is 12.4 Å². The highest BCUT2D eigenvalue weighted by atomic mass is 16.5. The van der Waals surface area contributed by atoms with Gasteiger partial charge in [-0.05, 0) is 23.6 Å². The van der Waals surface area contributed by atoms with E-state index in [1.165, 1.54) is 0 Å². The van der Waals surface area contributed by atoms with Crippen LogP contribution in [-0.2, 0) is 4.74 Å². The second-order valence-corrected chi connectivity index (χ2v) is 7.70. The Labute approximate surface area is 183 Å². The molecule has 5 nitrogen and oxygen atoms in total. The predicted octanol–water partition coefficient (Wildman–Crippen LogP) is 5.47. The van der Waals surface area contributed by atoms with Crippen molar-refractivity contribution < 1.29 is 14.3 Å². The minimum atomic E-state index is -0.566. The maximum atomic E-state index is 12.6. The van der Waals surface area contributed by atoms with Gasteiger partial charge in [0.05, 0.1) is 28.0 Å². The molecule has 1 aliphatic carbocycles. The maximum absolute atomic E-state index is 12.6. The lowest BCUT2D eigenvalue weighted by atomic mass is 10.0. The van der Waals surface area contributed by atoms with E-state index in [9.17, 15) is 9.59 Å². The van der Waals surface area contributed by atoms with E-state index >= 15 is 0 Å². The zero-order chi connectivity index (χ0) is 21.7. The summed E-state index contributed by atoms with van der Waals surface area (Å²) in [5.41, 5.74) is 5.94. The summed E-state index contributed by atoms with van der Waals surface area (Å²) < 4.78 is 5.25. The Hall–Kier alpha value is -4.38. The first kappa shape index (κ1) is 18.4. The van der Waals surface area contributed by atoms with Gasteiger partial charge in [0, 0.05) is 22.1 Å². The van der Waals surface area contributed by atoms with Gasteiger partial charge in [0.1, 0.15) is 0 Å². The molecule has 152 valence electrons. The first-order chi connectivity index (χ1) is 15.7. The summed E-state index contributed by atoms with van der Waals surface area (Å²) in [6.07, 6.45) is 0. The second-order valence-electron chi connectivity index (χ2n) is 7.70. The van der Waals surface area contributed by atoms with Crippen LogP contribution in [0.5, 0.6) is 0 Å². The Morgan fingerprint density at radius 1 is 0.688 bits per heavy atom. The van der Waals surface area contributed by atoms with E-state index in [1.54, 1.807) is 42.5 Å². The molecule has 0 saturated carbocycles. The summed E-state index contributed by atoms with van der Waals surface area (Å²) in [6.45, 7) is -0.311. The van der Waals surface area contributed by atoms with E-state index in [0.717, 1.165) is 33.3 Å². The SMILES string of the molecule is O=C(COC(=O)c1ccc2nc3c(nc2c1)-c1cccc2cccc-3c12)c1ccccc1. The molecule has 0 fully saturated rings. The van der Waals surface area contributed by atoms with Gasteiger partial charge in [-0.15, -0.1) is 0 Å². The van der Waals surface area contributed by atoms with Gasteiger partial charge < -0.3 is 4.74 Å². The first-order valence-corrected chi connectivity index (χ1v) is 10.3. The van der Waals surface area contributed by atoms with Crippen molar-refractivity contribution in [1.82, 2.24) is 9.97 Å². The number of rotatable bonds is 4. The van der Waals surface area contributed by atoms with Gasteiger partial charge in [0.2, 0.25) is 0 Å². The largest absolute Gasteiger partial charge is 0.454 e. The van der Waals surface area contributed by atoms with Crippen LogP contribution in [0.4, 0.5) is 0 Å². The zero-order valence-corrected chi connectivity index (χ0v) is 16.9. The third kappa shape index (κ3) is 2.87. The fraction of sp³-hybridized carbons (Fsp3) is 0.0370. The summed E-state index contributed by atoms with van der Waals surface area (Å²) >= 11 is 0. The minimum Gasteiger partial charge on any atom is -0.454 e. The smallest absolute Gasteiger partial charge is 0.338 e. The summed E-state index contributed by atoms with van der Waals surface area (Å²) in [4.78, 5) is 34.5. The van der Waals surface area contributed by atoms with Crippen LogP contribution < -0.4 is 0 Å². The second kappa shape index (κ2) is 7.10. The van der Waals surface area contributed by atoms with Crippen molar-refractivity contribution in [2.75, 3.05) is 6.61 Å². The summed E-state index contributed by atoms with van der Waals surface area (Å²) in [5, 5.41) is 2.30. The van der Waals surface area contributed by atoms with Gasteiger partial charge >= 0.3 is 5.97 Å². The molecule has 32 heavy (non-hydrogen) atoms. The average Bonchev–Trinajstić information content (AvgIpc) is 3.16. The number of hydrogen-bond acceptors (Lipinski definition) is 5. The molecule has 0 saturated heterocycles. The molecule has 0 N–H and O–H groups in total. The summed E-state index contributed by atoms with van der Waals surface area (Å²) in [7, 11) is 0. The van der Waals surface area contributed by atoms with Crippen LogP contribution >= 0.6 is 0 Å². The molecule has 6 rings (SSSR count). The number of ether oxygens (including phenoxy) is 1. The number of ketones is 1. The van der Waals surface area contributed by atoms with E-state index in [4.69, 9.17) is 14.7 Å². The zero-order valence-electron chi connectivity index (χ0n) is 16.9. The van der Waals surface area contributed by atoms with Crippen molar-refractivity contribution in [3.63, 3.8) is 0 Å². The third-order valence-electron chi connectivity index (χ3n) is 5.74. The number of aromatic nitrogens is 2. The van der Waals surface area contributed by atoms with E-state index in [1.807, 2.05) is 24.3 Å². The number of esters is 1. The van der Waals surface area contributed by atoms with E-state index < -0.39 is 5.97 Å². The number of nitrogens with zero attached hydrogens (tertiary/aromatic N) is 2. The van der Waals surface area contributed by atoms with Crippen molar-refractivity contribution in [1.29, 1.82) is 0 Å². The number of carbonyl (C=O) groups is 2. The molecular formula is C27H16N2O3. The van der Waals surface area contributed by atoms with Crippen LogP contribution in [-0.4, -0.2) is 28.3 Å². The lowest BCUT2D eigenvalue weighted by Crippen LogP contribution is -2.14. The molecule has 0 aliphatic heterocycles. The van der Waals surface area contributed by atoms with Crippen LogP contribution in [0.15, 0.2) is 84.9 Å². The Morgan fingerprint density at radius 3 is 2.09 bits per heavy atom. The van der Waals surface area contributed by atoms with Crippen LogP contribution in [0.25, 0.3) is 44.3 Å². The number of benzene rings is 4. The molecule has 0 radical (unpaired) electrons. The fourth-order valence-electron chi connectivity index (χ4n) is 4.21. The highest BCUT2D eigenvalue weighted by Crippen LogP contribution is 2.45.